The van der Waals surface area contributed by atoms with Crippen LogP contribution in [0.15, 0.2) is 42.5 Å². The van der Waals surface area contributed by atoms with E-state index in [0.717, 1.165) is 27.7 Å². The molecule has 0 aliphatic carbocycles. The van der Waals surface area contributed by atoms with E-state index in [2.05, 4.69) is 0 Å². The molecule has 0 aliphatic heterocycles. The number of hydrogen-bond acceptors (Lipinski definition) is 3. The van der Waals surface area contributed by atoms with Gasteiger partial charge in [-0.15, -0.1) is 0 Å². The molecule has 2 N–H and O–H groups in total. The zero-order valence-electron chi connectivity index (χ0n) is 16.4. The van der Waals surface area contributed by atoms with E-state index in [1.165, 1.54) is 0 Å². The Morgan fingerprint density at radius 2 is 1.82 bits per heavy atom. The number of fused-ring (bicyclic) bond motifs is 1. The minimum atomic E-state index is -0.817. The Morgan fingerprint density at radius 3 is 2.50 bits per heavy atom. The van der Waals surface area contributed by atoms with Crippen LogP contribution in [0.3, 0.4) is 0 Å². The summed E-state index contributed by atoms with van der Waals surface area (Å²) >= 11 is 0. The van der Waals surface area contributed by atoms with Gasteiger partial charge in [-0.05, 0) is 61.1 Å². The monoisotopic (exact) mass is 379 g/mol. The number of para-hydroxylation sites is 1. The standard InChI is InChI=1S/C23H25NO4/c1-14(2)19-13-16(11-12-21(19)25)23(28)24-15(3)17(8-6-10-22(26)27)18-7-4-5-9-20(18)24/h4-5,7,9,11-14,25H,6,8,10H2,1-3H3,(H,26,27). The Kier molecular flexibility index (Phi) is 5.54. The highest BCUT2D eigenvalue weighted by atomic mass is 16.4. The van der Waals surface area contributed by atoms with Crippen LogP contribution >= 0.6 is 0 Å². The molecule has 0 bridgehead atoms. The van der Waals surface area contributed by atoms with Gasteiger partial charge in [0.15, 0.2) is 0 Å². The average molecular weight is 379 g/mol. The third kappa shape index (κ3) is 3.65. The number of carboxylic acid groups (broad SMARTS) is 1. The molecule has 0 saturated carbocycles. The number of aliphatic carboxylic acids is 1. The maximum Gasteiger partial charge on any atom is 0.303 e. The number of aryl methyl sites for hydroxylation is 1. The molecule has 0 radical (unpaired) electrons. The van der Waals surface area contributed by atoms with Gasteiger partial charge >= 0.3 is 5.97 Å². The highest BCUT2D eigenvalue weighted by Gasteiger charge is 2.20. The fourth-order valence-corrected chi connectivity index (χ4v) is 3.71. The fourth-order valence-electron chi connectivity index (χ4n) is 3.71. The Morgan fingerprint density at radius 1 is 1.11 bits per heavy atom. The fraction of sp³-hybridized carbons (Fsp3) is 0.304. The quantitative estimate of drug-likeness (QED) is 0.640. The lowest BCUT2D eigenvalue weighted by Crippen LogP contribution is -2.14. The Balaban J connectivity index is 2.08. The van der Waals surface area contributed by atoms with Gasteiger partial charge in [0.1, 0.15) is 5.75 Å². The third-order valence-electron chi connectivity index (χ3n) is 5.16. The van der Waals surface area contributed by atoms with Crippen molar-refractivity contribution in [1.29, 1.82) is 0 Å². The summed E-state index contributed by atoms with van der Waals surface area (Å²) in [5.41, 5.74) is 3.91. The van der Waals surface area contributed by atoms with Crippen molar-refractivity contribution in [2.75, 3.05) is 0 Å². The largest absolute Gasteiger partial charge is 0.508 e. The summed E-state index contributed by atoms with van der Waals surface area (Å²) in [7, 11) is 0. The molecule has 146 valence electrons. The first-order valence-electron chi connectivity index (χ1n) is 9.49. The second-order valence-corrected chi connectivity index (χ2v) is 7.40. The smallest absolute Gasteiger partial charge is 0.303 e. The molecule has 0 amide bonds. The number of phenolic OH excluding ortho intramolecular Hbond substituents is 1. The Hall–Kier alpha value is -3.08. The number of benzene rings is 2. The van der Waals surface area contributed by atoms with Gasteiger partial charge in [0.2, 0.25) is 0 Å². The van der Waals surface area contributed by atoms with Crippen molar-refractivity contribution in [2.45, 2.75) is 46.0 Å². The van der Waals surface area contributed by atoms with Gasteiger partial charge in [-0.25, -0.2) is 0 Å². The van der Waals surface area contributed by atoms with Crippen LogP contribution in [0.4, 0.5) is 0 Å². The molecule has 5 heteroatoms. The van der Waals surface area contributed by atoms with Gasteiger partial charge < -0.3 is 10.2 Å². The van der Waals surface area contributed by atoms with Gasteiger partial charge in [-0.2, -0.15) is 0 Å². The summed E-state index contributed by atoms with van der Waals surface area (Å²) in [4.78, 5) is 24.2. The summed E-state index contributed by atoms with van der Waals surface area (Å²) in [5, 5.41) is 20.0. The highest BCUT2D eigenvalue weighted by Crippen LogP contribution is 2.30. The number of aromatic nitrogens is 1. The first-order chi connectivity index (χ1) is 13.3. The average Bonchev–Trinajstić information content (AvgIpc) is 2.93. The van der Waals surface area contributed by atoms with Crippen molar-refractivity contribution >= 4 is 22.8 Å². The van der Waals surface area contributed by atoms with E-state index in [1.54, 1.807) is 22.8 Å². The molecule has 0 unspecified atom stereocenters. The molecular formula is C23H25NO4. The van der Waals surface area contributed by atoms with Crippen molar-refractivity contribution in [1.82, 2.24) is 4.57 Å². The number of carbonyl (C=O) groups is 2. The van der Waals surface area contributed by atoms with Crippen LogP contribution in [-0.2, 0) is 11.2 Å². The first-order valence-corrected chi connectivity index (χ1v) is 9.49. The maximum atomic E-state index is 13.3. The van der Waals surface area contributed by atoms with Crippen LogP contribution in [0.1, 0.15) is 59.8 Å². The summed E-state index contributed by atoms with van der Waals surface area (Å²) in [5.74, 6) is -0.681. The molecule has 0 fully saturated rings. The maximum absolute atomic E-state index is 13.3. The lowest BCUT2D eigenvalue weighted by Gasteiger charge is -2.12. The SMILES string of the molecule is Cc1c(CCCC(=O)O)c2ccccc2n1C(=O)c1ccc(O)c(C(C)C)c1. The van der Waals surface area contributed by atoms with Crippen molar-refractivity contribution in [3.63, 3.8) is 0 Å². The van der Waals surface area contributed by atoms with Gasteiger partial charge in [0, 0.05) is 23.1 Å². The third-order valence-corrected chi connectivity index (χ3v) is 5.16. The molecule has 1 heterocycles. The minimum Gasteiger partial charge on any atom is -0.508 e. The van der Waals surface area contributed by atoms with Crippen LogP contribution in [-0.4, -0.2) is 26.7 Å². The molecular weight excluding hydrogens is 354 g/mol. The minimum absolute atomic E-state index is 0.0989. The van der Waals surface area contributed by atoms with Crippen molar-refractivity contribution in [3.05, 3.63) is 64.8 Å². The van der Waals surface area contributed by atoms with Crippen LogP contribution in [0.2, 0.25) is 0 Å². The van der Waals surface area contributed by atoms with E-state index in [9.17, 15) is 14.7 Å². The predicted molar refractivity (Wildman–Crippen MR) is 109 cm³/mol. The van der Waals surface area contributed by atoms with E-state index >= 15 is 0 Å². The molecule has 0 atom stereocenters. The van der Waals surface area contributed by atoms with Crippen LogP contribution < -0.4 is 0 Å². The van der Waals surface area contributed by atoms with Gasteiger partial charge in [-0.1, -0.05) is 32.0 Å². The van der Waals surface area contributed by atoms with Gasteiger partial charge in [0.05, 0.1) is 5.52 Å². The molecule has 3 rings (SSSR count). The number of phenols is 1. The summed E-state index contributed by atoms with van der Waals surface area (Å²) in [6, 6.07) is 12.7. The second-order valence-electron chi connectivity index (χ2n) is 7.40. The van der Waals surface area contributed by atoms with Crippen LogP contribution in [0.25, 0.3) is 10.9 Å². The number of carboxylic acids is 1. The predicted octanol–water partition coefficient (Wildman–Crippen LogP) is 4.87. The molecule has 1 aromatic heterocycles. The Bertz CT molecular complexity index is 1050. The molecule has 0 spiro atoms. The Labute approximate surface area is 164 Å². The molecule has 28 heavy (non-hydrogen) atoms. The number of hydrogen-bond donors (Lipinski definition) is 2. The summed E-state index contributed by atoms with van der Waals surface area (Å²) in [6.07, 6.45) is 1.23. The van der Waals surface area contributed by atoms with Crippen LogP contribution in [0.5, 0.6) is 5.75 Å². The van der Waals surface area contributed by atoms with Crippen molar-refractivity contribution < 1.29 is 19.8 Å². The lowest BCUT2D eigenvalue weighted by atomic mass is 9.99. The number of nitrogens with zero attached hydrogens (tertiary/aromatic N) is 1. The summed E-state index contributed by atoms with van der Waals surface area (Å²) < 4.78 is 1.70. The highest BCUT2D eigenvalue weighted by molar-refractivity contribution is 6.04. The molecule has 2 aromatic carbocycles. The molecule has 0 aliphatic rings. The van der Waals surface area contributed by atoms with E-state index in [-0.39, 0.29) is 24.0 Å². The topological polar surface area (TPSA) is 79.5 Å². The normalized spacial score (nSPS) is 11.3. The van der Waals surface area contributed by atoms with Crippen LogP contribution in [0, 0.1) is 6.92 Å². The number of aromatic hydroxyl groups is 1. The van der Waals surface area contributed by atoms with E-state index in [1.807, 2.05) is 45.0 Å². The summed E-state index contributed by atoms with van der Waals surface area (Å²) in [6.45, 7) is 5.85. The van der Waals surface area contributed by atoms with E-state index in [0.29, 0.717) is 18.4 Å². The van der Waals surface area contributed by atoms with Gasteiger partial charge in [0.25, 0.3) is 5.91 Å². The molecule has 5 nitrogen and oxygen atoms in total. The zero-order valence-corrected chi connectivity index (χ0v) is 16.4. The molecule has 3 aromatic rings. The molecule has 0 saturated heterocycles. The van der Waals surface area contributed by atoms with E-state index in [4.69, 9.17) is 5.11 Å². The number of rotatable bonds is 6. The van der Waals surface area contributed by atoms with Crippen molar-refractivity contribution in [2.24, 2.45) is 0 Å². The van der Waals surface area contributed by atoms with Crippen molar-refractivity contribution in [3.8, 4) is 5.75 Å². The number of carbonyl (C=O) groups excluding carboxylic acids is 1. The van der Waals surface area contributed by atoms with E-state index < -0.39 is 5.97 Å². The first kappa shape index (κ1) is 19.7. The second kappa shape index (κ2) is 7.89. The lowest BCUT2D eigenvalue weighted by molar-refractivity contribution is -0.137. The van der Waals surface area contributed by atoms with Gasteiger partial charge in [-0.3, -0.25) is 14.2 Å². The zero-order chi connectivity index (χ0) is 20.4.